The Kier molecular flexibility index (Phi) is 4.69. The molecular formula is C9H14BrN3O2S. The average Bonchev–Trinajstić information content (AvgIpc) is 2.13. The fourth-order valence-electron chi connectivity index (χ4n) is 1.08. The molecule has 0 aliphatic carbocycles. The normalized spacial score (nSPS) is 11.4. The van der Waals surface area contributed by atoms with Crippen molar-refractivity contribution >= 4 is 31.8 Å². The Hall–Kier alpha value is -0.660. The van der Waals surface area contributed by atoms with Gasteiger partial charge in [0.25, 0.3) is 0 Å². The van der Waals surface area contributed by atoms with Crippen molar-refractivity contribution in [2.45, 2.75) is 6.92 Å². The van der Waals surface area contributed by atoms with Gasteiger partial charge in [0, 0.05) is 19.3 Å². The number of anilines is 1. The van der Waals surface area contributed by atoms with E-state index in [1.165, 1.54) is 0 Å². The van der Waals surface area contributed by atoms with E-state index in [1.807, 2.05) is 13.0 Å². The number of sulfonamides is 1. The van der Waals surface area contributed by atoms with Gasteiger partial charge in [-0.2, -0.15) is 0 Å². The standard InChI is InChI=1S/C9H14BrN3O2S/c1-7-5-8(10)9(12-6-7)11-3-4-13-16(2,14)15/h5-6,13H,3-4H2,1-2H3,(H,11,12). The molecule has 90 valence electrons. The predicted octanol–water partition coefficient (Wildman–Crippen LogP) is 1.11. The minimum atomic E-state index is -3.12. The first-order valence-corrected chi connectivity index (χ1v) is 7.37. The first kappa shape index (κ1) is 13.4. The van der Waals surface area contributed by atoms with E-state index < -0.39 is 10.0 Å². The minimum Gasteiger partial charge on any atom is -0.368 e. The van der Waals surface area contributed by atoms with Crippen LogP contribution in [-0.4, -0.2) is 32.7 Å². The zero-order valence-corrected chi connectivity index (χ0v) is 11.5. The Balaban J connectivity index is 2.43. The number of nitrogens with zero attached hydrogens (tertiary/aromatic N) is 1. The molecule has 0 unspecified atom stereocenters. The zero-order valence-electron chi connectivity index (χ0n) is 9.12. The van der Waals surface area contributed by atoms with Gasteiger partial charge in [-0.05, 0) is 34.5 Å². The molecule has 0 aromatic carbocycles. The number of hydrogen-bond donors (Lipinski definition) is 2. The summed E-state index contributed by atoms with van der Waals surface area (Å²) in [6.07, 6.45) is 2.88. The molecule has 1 heterocycles. The summed E-state index contributed by atoms with van der Waals surface area (Å²) in [5, 5.41) is 3.03. The van der Waals surface area contributed by atoms with Gasteiger partial charge < -0.3 is 5.32 Å². The van der Waals surface area contributed by atoms with Gasteiger partial charge in [0.05, 0.1) is 10.7 Å². The Labute approximate surface area is 104 Å². The van der Waals surface area contributed by atoms with Crippen LogP contribution in [0.1, 0.15) is 5.56 Å². The molecule has 5 nitrogen and oxygen atoms in total. The van der Waals surface area contributed by atoms with E-state index >= 15 is 0 Å². The second-order valence-corrected chi connectivity index (χ2v) is 6.12. The van der Waals surface area contributed by atoms with Crippen LogP contribution in [0.5, 0.6) is 0 Å². The molecule has 0 saturated heterocycles. The summed E-state index contributed by atoms with van der Waals surface area (Å²) in [5.41, 5.74) is 1.06. The number of aryl methyl sites for hydroxylation is 1. The smallest absolute Gasteiger partial charge is 0.208 e. The van der Waals surface area contributed by atoms with Crippen LogP contribution in [0.3, 0.4) is 0 Å². The molecule has 0 saturated carbocycles. The molecule has 1 aromatic rings. The van der Waals surface area contributed by atoms with Gasteiger partial charge in [-0.15, -0.1) is 0 Å². The van der Waals surface area contributed by atoms with E-state index in [9.17, 15) is 8.42 Å². The summed E-state index contributed by atoms with van der Waals surface area (Å²) in [4.78, 5) is 4.18. The molecule has 0 aliphatic rings. The molecule has 7 heteroatoms. The molecule has 0 atom stereocenters. The third-order valence-electron chi connectivity index (χ3n) is 1.76. The van der Waals surface area contributed by atoms with Crippen molar-refractivity contribution in [3.63, 3.8) is 0 Å². The molecule has 16 heavy (non-hydrogen) atoms. The highest BCUT2D eigenvalue weighted by Crippen LogP contribution is 2.19. The lowest BCUT2D eigenvalue weighted by Crippen LogP contribution is -2.27. The van der Waals surface area contributed by atoms with E-state index in [0.29, 0.717) is 18.9 Å². The number of nitrogens with one attached hydrogen (secondary N) is 2. The van der Waals surface area contributed by atoms with E-state index in [-0.39, 0.29) is 0 Å². The Morgan fingerprint density at radius 3 is 2.69 bits per heavy atom. The number of aromatic nitrogens is 1. The highest BCUT2D eigenvalue weighted by Gasteiger charge is 2.02. The Morgan fingerprint density at radius 2 is 2.12 bits per heavy atom. The van der Waals surface area contributed by atoms with Gasteiger partial charge in [-0.1, -0.05) is 0 Å². The molecular weight excluding hydrogens is 294 g/mol. The summed E-state index contributed by atoms with van der Waals surface area (Å²) in [5.74, 6) is 0.709. The van der Waals surface area contributed by atoms with Crippen molar-refractivity contribution in [3.05, 3.63) is 22.3 Å². The van der Waals surface area contributed by atoms with Crippen molar-refractivity contribution in [1.29, 1.82) is 0 Å². The maximum atomic E-state index is 10.8. The van der Waals surface area contributed by atoms with Crippen LogP contribution in [0.4, 0.5) is 5.82 Å². The van der Waals surface area contributed by atoms with E-state index in [2.05, 4.69) is 31.0 Å². The minimum absolute atomic E-state index is 0.334. The van der Waals surface area contributed by atoms with Gasteiger partial charge >= 0.3 is 0 Å². The highest BCUT2D eigenvalue weighted by atomic mass is 79.9. The SMILES string of the molecule is Cc1cnc(NCCNS(C)(=O)=O)c(Br)c1. The van der Waals surface area contributed by atoms with E-state index in [0.717, 1.165) is 16.3 Å². The fraction of sp³-hybridized carbons (Fsp3) is 0.444. The van der Waals surface area contributed by atoms with Crippen molar-refractivity contribution in [1.82, 2.24) is 9.71 Å². The van der Waals surface area contributed by atoms with E-state index in [1.54, 1.807) is 6.20 Å². The molecule has 0 spiro atoms. The highest BCUT2D eigenvalue weighted by molar-refractivity contribution is 9.10. The molecule has 0 aliphatic heterocycles. The zero-order chi connectivity index (χ0) is 12.2. The van der Waals surface area contributed by atoms with Crippen LogP contribution in [0, 0.1) is 6.92 Å². The maximum absolute atomic E-state index is 10.8. The van der Waals surface area contributed by atoms with Crippen LogP contribution < -0.4 is 10.0 Å². The summed E-state index contributed by atoms with van der Waals surface area (Å²) in [7, 11) is -3.12. The average molecular weight is 308 g/mol. The van der Waals surface area contributed by atoms with Crippen molar-refractivity contribution in [3.8, 4) is 0 Å². The largest absolute Gasteiger partial charge is 0.368 e. The number of halogens is 1. The third kappa shape index (κ3) is 4.91. The number of hydrogen-bond acceptors (Lipinski definition) is 4. The maximum Gasteiger partial charge on any atom is 0.208 e. The van der Waals surface area contributed by atoms with E-state index in [4.69, 9.17) is 0 Å². The van der Waals surface area contributed by atoms with Crippen LogP contribution in [0.25, 0.3) is 0 Å². The number of pyridine rings is 1. The summed E-state index contributed by atoms with van der Waals surface area (Å²) >= 11 is 3.38. The first-order chi connectivity index (χ1) is 7.38. The molecule has 2 N–H and O–H groups in total. The molecule has 0 fully saturated rings. The van der Waals surface area contributed by atoms with Crippen molar-refractivity contribution in [2.24, 2.45) is 0 Å². The van der Waals surface area contributed by atoms with Gasteiger partial charge in [-0.25, -0.2) is 18.1 Å². The quantitative estimate of drug-likeness (QED) is 0.800. The Morgan fingerprint density at radius 1 is 1.44 bits per heavy atom. The summed E-state index contributed by atoms with van der Waals surface area (Å²) in [6, 6.07) is 1.94. The molecule has 1 aromatic heterocycles. The van der Waals surface area contributed by atoms with Crippen LogP contribution in [0.2, 0.25) is 0 Å². The van der Waals surface area contributed by atoms with Crippen molar-refractivity contribution < 1.29 is 8.42 Å². The lowest BCUT2D eigenvalue weighted by Gasteiger charge is -2.08. The molecule has 0 amide bonds. The van der Waals surface area contributed by atoms with Gasteiger partial charge in [0.1, 0.15) is 5.82 Å². The monoisotopic (exact) mass is 307 g/mol. The summed E-state index contributed by atoms with van der Waals surface area (Å²) < 4.78 is 24.8. The van der Waals surface area contributed by atoms with Gasteiger partial charge in [0.15, 0.2) is 0 Å². The third-order valence-corrected chi connectivity index (χ3v) is 3.09. The lowest BCUT2D eigenvalue weighted by atomic mass is 10.3. The fourth-order valence-corrected chi connectivity index (χ4v) is 2.16. The lowest BCUT2D eigenvalue weighted by molar-refractivity contribution is 0.589. The second kappa shape index (κ2) is 5.60. The molecule has 1 rings (SSSR count). The topological polar surface area (TPSA) is 71.1 Å². The number of rotatable bonds is 5. The molecule has 0 bridgehead atoms. The second-order valence-electron chi connectivity index (χ2n) is 3.44. The van der Waals surface area contributed by atoms with Gasteiger partial charge in [-0.3, -0.25) is 0 Å². The summed E-state index contributed by atoms with van der Waals surface area (Å²) in [6.45, 7) is 2.77. The van der Waals surface area contributed by atoms with Crippen LogP contribution in [-0.2, 0) is 10.0 Å². The van der Waals surface area contributed by atoms with Gasteiger partial charge in [0.2, 0.25) is 10.0 Å². The molecule has 0 radical (unpaired) electrons. The Bertz CT molecular complexity index is 462. The van der Waals surface area contributed by atoms with Crippen LogP contribution >= 0.6 is 15.9 Å². The van der Waals surface area contributed by atoms with Crippen LogP contribution in [0.15, 0.2) is 16.7 Å². The predicted molar refractivity (Wildman–Crippen MR) is 68.0 cm³/mol. The van der Waals surface area contributed by atoms with Crippen molar-refractivity contribution in [2.75, 3.05) is 24.7 Å². The first-order valence-electron chi connectivity index (χ1n) is 4.69.